The van der Waals surface area contributed by atoms with Gasteiger partial charge in [0, 0.05) is 6.21 Å². The number of carboxylic acid groups (broad SMARTS) is 1. The lowest BCUT2D eigenvalue weighted by atomic mass is 10.4. The first kappa shape index (κ1) is 6.54. The number of hydrogen-bond donors (Lipinski definition) is 1. The fraction of sp³-hybridized carbons (Fsp3) is 0. The molecule has 0 radical (unpaired) electrons. The smallest absolute Gasteiger partial charge is 0.0893 e. The largest absolute Gasteiger partial charge is 0.543 e. The Balaban J connectivity index is 2.78. The summed E-state index contributed by atoms with van der Waals surface area (Å²) in [5.74, 6) is -1.26. The van der Waals surface area contributed by atoms with E-state index in [-0.39, 0.29) is 5.70 Å². The Hall–Kier alpha value is -1.58. The molecule has 0 aromatic rings. The van der Waals surface area contributed by atoms with Crippen LogP contribution in [0.2, 0.25) is 0 Å². The van der Waals surface area contributed by atoms with Gasteiger partial charge < -0.3 is 9.90 Å². The summed E-state index contributed by atoms with van der Waals surface area (Å²) in [6.07, 6.45) is 6.01. The molecule has 0 spiro atoms. The lowest BCUT2D eigenvalue weighted by molar-refractivity contribution is -0.299. The first-order valence-corrected chi connectivity index (χ1v) is 2.68. The molecule has 10 heavy (non-hydrogen) atoms. The molecule has 1 heterocycles. The van der Waals surface area contributed by atoms with Crippen molar-refractivity contribution in [1.29, 1.82) is 0 Å². The van der Waals surface area contributed by atoms with Crippen LogP contribution in [0.4, 0.5) is 0 Å². The molecule has 1 rings (SSSR count). The summed E-state index contributed by atoms with van der Waals surface area (Å²) >= 11 is 0. The normalized spacial score (nSPS) is 15.4. The maximum Gasteiger partial charge on any atom is 0.0893 e. The van der Waals surface area contributed by atoms with Crippen LogP contribution in [-0.4, -0.2) is 12.2 Å². The standard InChI is InChI=1S/C6H6N2O2/c9-6(10)5-3-1-2-4-7-8-5/h1-4,8H,(H,9,10)/p-1. The van der Waals surface area contributed by atoms with Crippen molar-refractivity contribution in [3.05, 3.63) is 23.9 Å². The first-order chi connectivity index (χ1) is 4.80. The summed E-state index contributed by atoms with van der Waals surface area (Å²) in [5, 5.41) is 13.7. The molecule has 0 aliphatic carbocycles. The lowest BCUT2D eigenvalue weighted by Crippen LogP contribution is -2.30. The molecule has 1 N–H and O–H groups in total. The predicted molar refractivity (Wildman–Crippen MR) is 33.9 cm³/mol. The molecule has 0 saturated carbocycles. The quantitative estimate of drug-likeness (QED) is 0.492. The molecule has 0 aromatic carbocycles. The predicted octanol–water partition coefficient (Wildman–Crippen LogP) is -1.23. The molecule has 4 heteroatoms. The van der Waals surface area contributed by atoms with Crippen LogP contribution in [0.5, 0.6) is 0 Å². The van der Waals surface area contributed by atoms with Gasteiger partial charge in [-0.15, -0.1) is 0 Å². The van der Waals surface area contributed by atoms with Crippen LogP contribution < -0.4 is 10.5 Å². The van der Waals surface area contributed by atoms with Crippen molar-refractivity contribution in [3.8, 4) is 0 Å². The number of aliphatic carboxylic acids is 1. The average molecular weight is 137 g/mol. The molecule has 1 aliphatic heterocycles. The van der Waals surface area contributed by atoms with Gasteiger partial charge in [0.25, 0.3) is 0 Å². The minimum Gasteiger partial charge on any atom is -0.543 e. The number of carboxylic acids is 1. The fourth-order valence-electron chi connectivity index (χ4n) is 0.502. The third-order valence-corrected chi connectivity index (χ3v) is 0.940. The number of carbonyl (C=O) groups excluding carboxylic acids is 1. The van der Waals surface area contributed by atoms with Crippen LogP contribution in [-0.2, 0) is 4.79 Å². The van der Waals surface area contributed by atoms with Crippen molar-refractivity contribution in [2.24, 2.45) is 5.10 Å². The Morgan fingerprint density at radius 3 is 3.10 bits per heavy atom. The van der Waals surface area contributed by atoms with Crippen LogP contribution in [0.15, 0.2) is 29.0 Å². The van der Waals surface area contributed by atoms with E-state index < -0.39 is 5.97 Å². The Kier molecular flexibility index (Phi) is 1.84. The fourth-order valence-corrected chi connectivity index (χ4v) is 0.502. The highest BCUT2D eigenvalue weighted by Crippen LogP contribution is 1.90. The van der Waals surface area contributed by atoms with E-state index in [4.69, 9.17) is 0 Å². The Labute approximate surface area is 57.6 Å². The zero-order chi connectivity index (χ0) is 7.40. The van der Waals surface area contributed by atoms with Gasteiger partial charge in [-0.2, -0.15) is 5.10 Å². The van der Waals surface area contributed by atoms with Crippen LogP contribution in [0, 0.1) is 0 Å². The topological polar surface area (TPSA) is 64.5 Å². The van der Waals surface area contributed by atoms with Crippen molar-refractivity contribution in [2.45, 2.75) is 0 Å². The molecule has 0 unspecified atom stereocenters. The van der Waals surface area contributed by atoms with Gasteiger partial charge >= 0.3 is 0 Å². The van der Waals surface area contributed by atoms with Crippen molar-refractivity contribution < 1.29 is 9.90 Å². The third-order valence-electron chi connectivity index (χ3n) is 0.940. The summed E-state index contributed by atoms with van der Waals surface area (Å²) in [7, 11) is 0. The Morgan fingerprint density at radius 2 is 2.40 bits per heavy atom. The van der Waals surface area contributed by atoms with E-state index in [0.29, 0.717) is 0 Å². The molecular formula is C6H5N2O2-. The third kappa shape index (κ3) is 1.45. The summed E-state index contributed by atoms with van der Waals surface area (Å²) in [6, 6.07) is 0. The van der Waals surface area contributed by atoms with E-state index >= 15 is 0 Å². The van der Waals surface area contributed by atoms with Gasteiger partial charge in [0.05, 0.1) is 11.7 Å². The zero-order valence-electron chi connectivity index (χ0n) is 5.07. The summed E-state index contributed by atoms with van der Waals surface area (Å²) in [5.41, 5.74) is 2.25. The number of hydrazone groups is 1. The number of rotatable bonds is 1. The lowest BCUT2D eigenvalue weighted by Gasteiger charge is -2.03. The average Bonchev–Trinajstić information content (AvgIpc) is 2.12. The highest BCUT2D eigenvalue weighted by molar-refractivity contribution is 5.85. The molecule has 0 atom stereocenters. The second kappa shape index (κ2) is 2.82. The monoisotopic (exact) mass is 137 g/mol. The van der Waals surface area contributed by atoms with Crippen molar-refractivity contribution in [2.75, 3.05) is 0 Å². The van der Waals surface area contributed by atoms with Gasteiger partial charge in [-0.25, -0.2) is 0 Å². The summed E-state index contributed by atoms with van der Waals surface area (Å²) < 4.78 is 0. The molecule has 0 fully saturated rings. The zero-order valence-corrected chi connectivity index (χ0v) is 5.07. The number of hydrogen-bond acceptors (Lipinski definition) is 4. The molecule has 4 nitrogen and oxygen atoms in total. The highest BCUT2D eigenvalue weighted by atomic mass is 16.4. The maximum absolute atomic E-state index is 10.2. The van der Waals surface area contributed by atoms with E-state index in [9.17, 15) is 9.90 Å². The SMILES string of the molecule is O=C([O-])C1=CC=CC=NN1. The molecular weight excluding hydrogens is 132 g/mol. The van der Waals surface area contributed by atoms with Crippen molar-refractivity contribution >= 4 is 12.2 Å². The van der Waals surface area contributed by atoms with E-state index in [1.54, 1.807) is 12.2 Å². The summed E-state index contributed by atoms with van der Waals surface area (Å²) in [4.78, 5) is 10.2. The minimum atomic E-state index is -1.26. The molecule has 52 valence electrons. The number of nitrogens with one attached hydrogen (secondary N) is 1. The maximum atomic E-state index is 10.2. The van der Waals surface area contributed by atoms with Crippen molar-refractivity contribution in [1.82, 2.24) is 5.43 Å². The van der Waals surface area contributed by atoms with Crippen molar-refractivity contribution in [3.63, 3.8) is 0 Å². The molecule has 0 saturated heterocycles. The second-order valence-corrected chi connectivity index (χ2v) is 1.64. The van der Waals surface area contributed by atoms with Crippen LogP contribution in [0.3, 0.4) is 0 Å². The van der Waals surface area contributed by atoms with Gasteiger partial charge in [0.1, 0.15) is 0 Å². The molecule has 0 bridgehead atoms. The van der Waals surface area contributed by atoms with Crippen LogP contribution in [0.25, 0.3) is 0 Å². The Bertz CT molecular complexity index is 228. The Morgan fingerprint density at radius 1 is 1.60 bits per heavy atom. The number of carbonyl (C=O) groups is 1. The van der Waals surface area contributed by atoms with Gasteiger partial charge in [0.2, 0.25) is 0 Å². The van der Waals surface area contributed by atoms with Gasteiger partial charge in [0.15, 0.2) is 0 Å². The van der Waals surface area contributed by atoms with Gasteiger partial charge in [-0.1, -0.05) is 6.08 Å². The van der Waals surface area contributed by atoms with Crippen LogP contribution >= 0.6 is 0 Å². The highest BCUT2D eigenvalue weighted by Gasteiger charge is 1.93. The molecule has 1 aliphatic rings. The van der Waals surface area contributed by atoms with E-state index in [2.05, 4.69) is 10.5 Å². The second-order valence-electron chi connectivity index (χ2n) is 1.64. The minimum absolute atomic E-state index is 0.0370. The van der Waals surface area contributed by atoms with E-state index in [0.717, 1.165) is 0 Å². The number of nitrogens with zero attached hydrogens (tertiary/aromatic N) is 1. The molecule has 0 aromatic heterocycles. The first-order valence-electron chi connectivity index (χ1n) is 2.68. The van der Waals surface area contributed by atoms with E-state index in [1.807, 2.05) is 0 Å². The number of allylic oxidation sites excluding steroid dienone is 3. The van der Waals surface area contributed by atoms with Gasteiger partial charge in [-0.05, 0) is 12.2 Å². The van der Waals surface area contributed by atoms with Gasteiger partial charge in [-0.3, -0.25) is 5.43 Å². The van der Waals surface area contributed by atoms with E-state index in [1.165, 1.54) is 12.3 Å². The summed E-state index contributed by atoms with van der Waals surface area (Å²) in [6.45, 7) is 0. The molecule has 0 amide bonds. The van der Waals surface area contributed by atoms with Crippen LogP contribution in [0.1, 0.15) is 0 Å².